The summed E-state index contributed by atoms with van der Waals surface area (Å²) in [4.78, 5) is 18.3. The summed E-state index contributed by atoms with van der Waals surface area (Å²) in [5.41, 5.74) is 3.54. The van der Waals surface area contributed by atoms with Crippen LogP contribution >= 0.6 is 12.4 Å². The Morgan fingerprint density at radius 2 is 1.86 bits per heavy atom. The van der Waals surface area contributed by atoms with Gasteiger partial charge in [0.15, 0.2) is 0 Å². The Morgan fingerprint density at radius 1 is 1.18 bits per heavy atom. The zero-order valence-electron chi connectivity index (χ0n) is 17.4. The van der Waals surface area contributed by atoms with Gasteiger partial charge < -0.3 is 9.72 Å². The number of nitrogens with one attached hydrogen (secondary N) is 1. The van der Waals surface area contributed by atoms with E-state index in [1.54, 1.807) is 0 Å². The van der Waals surface area contributed by atoms with E-state index in [4.69, 9.17) is 4.74 Å². The molecule has 0 amide bonds. The molecule has 1 aliphatic carbocycles. The van der Waals surface area contributed by atoms with E-state index in [1.165, 1.54) is 31.2 Å². The van der Waals surface area contributed by atoms with E-state index in [2.05, 4.69) is 42.8 Å². The molecule has 2 heterocycles. The molecular formula is C22H34ClN3O2. The molecule has 0 spiro atoms. The summed E-state index contributed by atoms with van der Waals surface area (Å²) in [5.74, 6) is 0. The number of benzene rings is 1. The van der Waals surface area contributed by atoms with Gasteiger partial charge in [-0.2, -0.15) is 0 Å². The van der Waals surface area contributed by atoms with Crippen LogP contribution in [0.1, 0.15) is 64.0 Å². The quantitative estimate of drug-likeness (QED) is 0.815. The molecule has 2 fully saturated rings. The predicted octanol–water partition coefficient (Wildman–Crippen LogP) is 4.43. The molecule has 1 saturated heterocycles. The molecule has 0 radical (unpaired) electrons. The van der Waals surface area contributed by atoms with E-state index >= 15 is 0 Å². The van der Waals surface area contributed by atoms with E-state index in [9.17, 15) is 4.79 Å². The average Bonchev–Trinajstić information content (AvgIpc) is 2.99. The average molecular weight is 408 g/mol. The van der Waals surface area contributed by atoms with Crippen molar-refractivity contribution in [3.8, 4) is 0 Å². The first kappa shape index (κ1) is 21.4. The molecule has 1 saturated carbocycles. The van der Waals surface area contributed by atoms with Crippen molar-refractivity contribution < 1.29 is 4.74 Å². The first-order chi connectivity index (χ1) is 13.0. The molecule has 1 aromatic heterocycles. The van der Waals surface area contributed by atoms with Gasteiger partial charge in [0.25, 0.3) is 0 Å². The molecular weight excluding hydrogens is 374 g/mol. The van der Waals surface area contributed by atoms with E-state index < -0.39 is 0 Å². The number of ether oxygens (including phenoxy) is 1. The minimum Gasteiger partial charge on any atom is -0.379 e. The zero-order valence-corrected chi connectivity index (χ0v) is 18.2. The maximum Gasteiger partial charge on any atom is 0.326 e. The predicted molar refractivity (Wildman–Crippen MR) is 117 cm³/mol. The third-order valence-electron chi connectivity index (χ3n) is 6.88. The Hall–Kier alpha value is -1.30. The third-order valence-corrected chi connectivity index (χ3v) is 6.88. The molecule has 1 N–H and O–H groups in total. The maximum atomic E-state index is 12.6. The minimum atomic E-state index is 0. The highest BCUT2D eigenvalue weighted by Crippen LogP contribution is 2.38. The van der Waals surface area contributed by atoms with Crippen LogP contribution < -0.4 is 5.69 Å². The van der Waals surface area contributed by atoms with Gasteiger partial charge >= 0.3 is 5.69 Å². The lowest BCUT2D eigenvalue weighted by atomic mass is 9.79. The van der Waals surface area contributed by atoms with Crippen molar-refractivity contribution in [2.24, 2.45) is 0 Å². The van der Waals surface area contributed by atoms with Gasteiger partial charge in [-0.25, -0.2) is 4.79 Å². The van der Waals surface area contributed by atoms with E-state index in [1.807, 2.05) is 10.6 Å². The van der Waals surface area contributed by atoms with E-state index in [-0.39, 0.29) is 18.1 Å². The van der Waals surface area contributed by atoms with Gasteiger partial charge in [-0.15, -0.1) is 12.4 Å². The number of rotatable bonds is 4. The molecule has 28 heavy (non-hydrogen) atoms. The Balaban J connectivity index is 0.00000225. The second kappa shape index (κ2) is 8.60. The minimum absolute atomic E-state index is 0. The van der Waals surface area contributed by atoms with Crippen molar-refractivity contribution in [1.29, 1.82) is 0 Å². The second-order valence-corrected chi connectivity index (χ2v) is 8.69. The molecule has 0 atom stereocenters. The van der Waals surface area contributed by atoms with Crippen LogP contribution in [0.4, 0.5) is 0 Å². The number of aromatic nitrogens is 2. The van der Waals surface area contributed by atoms with Crippen LogP contribution in [0.5, 0.6) is 0 Å². The number of aromatic amines is 1. The van der Waals surface area contributed by atoms with Crippen LogP contribution in [0.3, 0.4) is 0 Å². The number of fused-ring (bicyclic) bond motifs is 1. The number of hydrogen-bond acceptors (Lipinski definition) is 3. The second-order valence-electron chi connectivity index (χ2n) is 8.69. The van der Waals surface area contributed by atoms with Gasteiger partial charge in [0, 0.05) is 31.3 Å². The Morgan fingerprint density at radius 3 is 2.50 bits per heavy atom. The van der Waals surface area contributed by atoms with Crippen LogP contribution in [-0.4, -0.2) is 45.8 Å². The van der Waals surface area contributed by atoms with Gasteiger partial charge in [0.1, 0.15) is 0 Å². The summed E-state index contributed by atoms with van der Waals surface area (Å²) in [6.45, 7) is 9.58. The number of piperidine rings is 1. The molecule has 0 bridgehead atoms. The van der Waals surface area contributed by atoms with Crippen molar-refractivity contribution in [3.05, 3.63) is 34.2 Å². The van der Waals surface area contributed by atoms with Gasteiger partial charge in [0.2, 0.25) is 0 Å². The molecule has 4 rings (SSSR count). The largest absolute Gasteiger partial charge is 0.379 e. The highest BCUT2D eigenvalue weighted by molar-refractivity contribution is 5.85. The smallest absolute Gasteiger partial charge is 0.326 e. The first-order valence-electron chi connectivity index (χ1n) is 10.6. The van der Waals surface area contributed by atoms with Crippen molar-refractivity contribution in [2.75, 3.05) is 19.7 Å². The maximum absolute atomic E-state index is 12.6. The van der Waals surface area contributed by atoms with Crippen molar-refractivity contribution in [1.82, 2.24) is 14.5 Å². The molecule has 1 aromatic carbocycles. The summed E-state index contributed by atoms with van der Waals surface area (Å²) in [6, 6.07) is 6.52. The van der Waals surface area contributed by atoms with Gasteiger partial charge in [0.05, 0.1) is 17.1 Å². The summed E-state index contributed by atoms with van der Waals surface area (Å²) in [6.07, 6.45) is 7.32. The van der Waals surface area contributed by atoms with Crippen LogP contribution in [0.15, 0.2) is 23.0 Å². The molecule has 2 aliphatic rings. The van der Waals surface area contributed by atoms with E-state index in [0.29, 0.717) is 17.7 Å². The van der Waals surface area contributed by atoms with Gasteiger partial charge in [-0.3, -0.25) is 9.47 Å². The fourth-order valence-electron chi connectivity index (χ4n) is 5.19. The zero-order chi connectivity index (χ0) is 19.0. The lowest BCUT2D eigenvalue weighted by molar-refractivity contribution is -0.0273. The third kappa shape index (κ3) is 4.03. The molecule has 2 aromatic rings. The lowest BCUT2D eigenvalue weighted by Gasteiger charge is -2.48. The number of halogens is 1. The molecule has 0 unspecified atom stereocenters. The standard InChI is InChI=1S/C22H33N3O2.ClH/c1-4-27-18-7-11-22(3,12-8-18)24-13-9-17(10-14-24)25-20-15-16(2)5-6-19(20)23-21(25)26;/h5-6,15,17-18H,4,7-14H2,1-3H3,(H,23,26);1H/t18-,22+;. The van der Waals surface area contributed by atoms with Crippen LogP contribution in [0, 0.1) is 6.92 Å². The summed E-state index contributed by atoms with van der Waals surface area (Å²) < 4.78 is 7.84. The highest BCUT2D eigenvalue weighted by atomic mass is 35.5. The number of imidazole rings is 1. The molecule has 156 valence electrons. The van der Waals surface area contributed by atoms with E-state index in [0.717, 1.165) is 43.6 Å². The van der Waals surface area contributed by atoms with Crippen LogP contribution in [0.25, 0.3) is 11.0 Å². The van der Waals surface area contributed by atoms with Gasteiger partial charge in [-0.05, 0) is 77.0 Å². The van der Waals surface area contributed by atoms with Crippen molar-refractivity contribution in [3.63, 3.8) is 0 Å². The Bertz CT molecular complexity index is 843. The van der Waals surface area contributed by atoms with Crippen molar-refractivity contribution in [2.45, 2.75) is 77.0 Å². The molecule has 5 nitrogen and oxygen atoms in total. The Labute approximate surface area is 173 Å². The van der Waals surface area contributed by atoms with Crippen LogP contribution in [-0.2, 0) is 4.74 Å². The summed E-state index contributed by atoms with van der Waals surface area (Å²) in [5, 5.41) is 0. The lowest BCUT2D eigenvalue weighted by Crippen LogP contribution is -2.53. The number of H-pyrrole nitrogens is 1. The number of hydrogen-bond donors (Lipinski definition) is 1. The summed E-state index contributed by atoms with van der Waals surface area (Å²) in [7, 11) is 0. The molecule has 6 heteroatoms. The number of likely N-dealkylation sites (tertiary alicyclic amines) is 1. The summed E-state index contributed by atoms with van der Waals surface area (Å²) >= 11 is 0. The first-order valence-corrected chi connectivity index (χ1v) is 10.6. The highest BCUT2D eigenvalue weighted by Gasteiger charge is 2.38. The van der Waals surface area contributed by atoms with Crippen molar-refractivity contribution >= 4 is 23.4 Å². The number of aryl methyl sites for hydroxylation is 1. The van der Waals surface area contributed by atoms with Crippen LogP contribution in [0.2, 0.25) is 0 Å². The fraction of sp³-hybridized carbons (Fsp3) is 0.682. The SMILES string of the molecule is CCO[C@H]1CC[C@@](C)(N2CCC(n3c(=O)[nH]c4ccc(C)cc43)CC2)CC1.Cl. The number of nitrogens with zero attached hydrogens (tertiary/aromatic N) is 2. The molecule has 1 aliphatic heterocycles. The normalized spacial score (nSPS) is 27.0. The Kier molecular flexibility index (Phi) is 6.58. The topological polar surface area (TPSA) is 50.3 Å². The monoisotopic (exact) mass is 407 g/mol. The van der Waals surface area contributed by atoms with Gasteiger partial charge in [-0.1, -0.05) is 6.07 Å². The fourth-order valence-corrected chi connectivity index (χ4v) is 5.19.